The Morgan fingerprint density at radius 2 is 0.854 bits per heavy atom. The molecule has 0 unspecified atom stereocenters. The van der Waals surface area contributed by atoms with Crippen molar-refractivity contribution in [2.45, 2.75) is 53.4 Å². The molecule has 0 nitrogen and oxygen atoms in total. The third-order valence-corrected chi connectivity index (χ3v) is 12.8. The molecule has 0 saturated heterocycles. The third kappa shape index (κ3) is 5.99. The number of rotatable bonds is 6. The van der Waals surface area contributed by atoms with Crippen LogP contribution in [-0.2, 0) is 25.7 Å². The van der Waals surface area contributed by atoms with Gasteiger partial charge in [0.25, 0.3) is 0 Å². The summed E-state index contributed by atoms with van der Waals surface area (Å²) in [5.74, 6) is 7.56. The molecule has 7 rings (SSSR count). The summed E-state index contributed by atoms with van der Waals surface area (Å²) in [5.41, 5.74) is 15.8. The minimum atomic E-state index is -0.776. The zero-order chi connectivity index (χ0) is 33.0. The Morgan fingerprint density at radius 3 is 1.27 bits per heavy atom. The first-order chi connectivity index (χ1) is 23.6. The molecule has 0 amide bonds. The van der Waals surface area contributed by atoms with Gasteiger partial charge >= 0.3 is 0 Å². The summed E-state index contributed by atoms with van der Waals surface area (Å²) in [6.45, 7) is 9.08. The largest absolute Gasteiger partial charge is 0.138 e. The maximum Gasteiger partial charge on any atom is 0.138 e. The number of fused-ring (bicyclic) bond motifs is 4. The molecule has 0 bridgehead atoms. The van der Waals surface area contributed by atoms with Crippen LogP contribution in [-0.4, -0.2) is 19.0 Å². The molecule has 7 aromatic carbocycles. The predicted octanol–water partition coefficient (Wildman–Crippen LogP) is 8.16. The maximum absolute atomic E-state index is 3.78. The van der Waals surface area contributed by atoms with Gasteiger partial charge in [-0.3, -0.25) is 0 Å². The summed E-state index contributed by atoms with van der Waals surface area (Å²) in [6.07, 6.45) is 4.29. The van der Waals surface area contributed by atoms with E-state index in [4.69, 9.17) is 0 Å². The van der Waals surface area contributed by atoms with Crippen LogP contribution in [0.15, 0.2) is 109 Å². The molecule has 0 aliphatic carbocycles. The van der Waals surface area contributed by atoms with Gasteiger partial charge in [-0.1, -0.05) is 124 Å². The zero-order valence-electron chi connectivity index (χ0n) is 28.6. The molecule has 2 heteroatoms. The van der Waals surface area contributed by atoms with Crippen LogP contribution in [0.25, 0.3) is 43.1 Å². The first-order valence-corrected chi connectivity index (χ1v) is 20.4. The monoisotopic (exact) mass is 650 g/mol. The zero-order valence-corrected chi connectivity index (χ0v) is 31.5. The van der Waals surface area contributed by atoms with E-state index in [2.05, 4.69) is 160 Å². The fourth-order valence-corrected chi connectivity index (χ4v) is 10.4. The van der Waals surface area contributed by atoms with Crippen LogP contribution in [0.1, 0.15) is 61.1 Å². The van der Waals surface area contributed by atoms with E-state index in [0.29, 0.717) is 0 Å². The van der Waals surface area contributed by atoms with Crippen molar-refractivity contribution in [2.75, 3.05) is 0 Å². The fourth-order valence-electron chi connectivity index (χ4n) is 7.62. The molecule has 234 valence electrons. The lowest BCUT2D eigenvalue weighted by Gasteiger charge is -2.13. The summed E-state index contributed by atoms with van der Waals surface area (Å²) in [5, 5.41) is 12.8. The normalized spacial score (nSPS) is 11.6. The van der Waals surface area contributed by atoms with Gasteiger partial charge in [-0.05, 0) is 126 Å². The highest BCUT2D eigenvalue weighted by Gasteiger charge is 2.14. The molecule has 0 aromatic heterocycles. The van der Waals surface area contributed by atoms with E-state index < -0.39 is 19.0 Å². The molecule has 0 heterocycles. The molecule has 0 fully saturated rings. The number of benzene rings is 7. The summed E-state index contributed by atoms with van der Waals surface area (Å²) >= 11 is 0. The molecule has 48 heavy (non-hydrogen) atoms. The Morgan fingerprint density at radius 1 is 0.417 bits per heavy atom. The molecule has 0 radical (unpaired) electrons. The Hall–Kier alpha value is -4.87. The first-order valence-electron chi connectivity index (χ1n) is 17.6. The van der Waals surface area contributed by atoms with Crippen molar-refractivity contribution in [1.82, 2.24) is 0 Å². The predicted molar refractivity (Wildman–Crippen MR) is 217 cm³/mol. The summed E-state index contributed by atoms with van der Waals surface area (Å²) in [6, 6.07) is 40.6. The Kier molecular flexibility index (Phi) is 9.31. The van der Waals surface area contributed by atoms with Gasteiger partial charge in [0.2, 0.25) is 0 Å². The van der Waals surface area contributed by atoms with E-state index in [0.717, 1.165) is 36.8 Å². The minimum Gasteiger partial charge on any atom is -0.129 e. The Bertz CT molecular complexity index is 2290. The lowest BCUT2D eigenvalue weighted by Crippen LogP contribution is -2.19. The number of hydrogen-bond acceptors (Lipinski definition) is 0. The lowest BCUT2D eigenvalue weighted by molar-refractivity contribution is 1.05. The average Bonchev–Trinajstić information content (AvgIpc) is 3.13. The molecular weight excluding hydrogens is 609 g/mol. The number of aryl methyl sites for hydroxylation is 2. The highest BCUT2D eigenvalue weighted by molar-refractivity contribution is 6.63. The second kappa shape index (κ2) is 14.1. The van der Waals surface area contributed by atoms with E-state index in [9.17, 15) is 0 Å². The van der Waals surface area contributed by atoms with Crippen LogP contribution in [0.3, 0.4) is 0 Å². The SMILES string of the molecule is CCc1cccc([SiH2]C#Cc2c3ccccc3c(C#C[SiH2]c3cccc(CC)c3CC)c3cc4cc5ccccc5cc4cc23)c1CC. The van der Waals surface area contributed by atoms with E-state index in [1.54, 1.807) is 0 Å². The van der Waals surface area contributed by atoms with Crippen LogP contribution in [0.4, 0.5) is 0 Å². The third-order valence-electron chi connectivity index (χ3n) is 10.0. The maximum atomic E-state index is 3.78. The van der Waals surface area contributed by atoms with Crippen molar-refractivity contribution in [3.63, 3.8) is 0 Å². The van der Waals surface area contributed by atoms with Gasteiger partial charge in [-0.25, -0.2) is 0 Å². The topological polar surface area (TPSA) is 0 Å². The van der Waals surface area contributed by atoms with Crippen LogP contribution in [0.2, 0.25) is 0 Å². The fraction of sp³-hybridized carbons (Fsp3) is 0.174. The molecule has 0 N–H and O–H groups in total. The van der Waals surface area contributed by atoms with Crippen LogP contribution < -0.4 is 10.4 Å². The minimum absolute atomic E-state index is 0.776. The van der Waals surface area contributed by atoms with E-state index in [1.165, 1.54) is 75.7 Å². The van der Waals surface area contributed by atoms with E-state index in [-0.39, 0.29) is 0 Å². The van der Waals surface area contributed by atoms with E-state index in [1.807, 2.05) is 0 Å². The van der Waals surface area contributed by atoms with Crippen molar-refractivity contribution in [2.24, 2.45) is 0 Å². The van der Waals surface area contributed by atoms with Crippen molar-refractivity contribution in [1.29, 1.82) is 0 Å². The summed E-state index contributed by atoms with van der Waals surface area (Å²) in [7, 11) is -1.55. The highest BCUT2D eigenvalue weighted by atomic mass is 28.2. The number of hydrogen-bond donors (Lipinski definition) is 0. The van der Waals surface area contributed by atoms with Gasteiger partial charge in [0.05, 0.1) is 0 Å². The summed E-state index contributed by atoms with van der Waals surface area (Å²) in [4.78, 5) is 0. The molecule has 0 spiro atoms. The molecule has 0 saturated carbocycles. The van der Waals surface area contributed by atoms with Crippen molar-refractivity contribution >= 4 is 72.5 Å². The van der Waals surface area contributed by atoms with Gasteiger partial charge in [-0.15, -0.1) is 11.1 Å². The standard InChI is InChI=1S/C46H42Si2/c1-5-31-17-13-21-45(37(31)7-3)47-25-23-41-39-19-11-12-20-40(39)42(24-26-48-46-22-14-18-32(6-2)38(46)8-4)44-30-36-28-34-16-10-9-15-33(34)27-35(36)29-43(41)44/h9-22,27-30H,5-8,47-48H2,1-4H3. The van der Waals surface area contributed by atoms with Crippen molar-refractivity contribution < 1.29 is 0 Å². The average molecular weight is 651 g/mol. The van der Waals surface area contributed by atoms with Crippen LogP contribution >= 0.6 is 0 Å². The smallest absolute Gasteiger partial charge is 0.129 e. The summed E-state index contributed by atoms with van der Waals surface area (Å²) < 4.78 is 0. The molecule has 0 atom stereocenters. The van der Waals surface area contributed by atoms with E-state index >= 15 is 0 Å². The van der Waals surface area contributed by atoms with Crippen LogP contribution in [0, 0.1) is 22.9 Å². The van der Waals surface area contributed by atoms with Gasteiger partial charge in [0.1, 0.15) is 19.0 Å². The molecule has 0 aliphatic rings. The van der Waals surface area contributed by atoms with Crippen molar-refractivity contribution in [3.05, 3.63) is 143 Å². The Balaban J connectivity index is 1.44. The lowest BCUT2D eigenvalue weighted by atomic mass is 9.90. The van der Waals surface area contributed by atoms with Crippen LogP contribution in [0.5, 0.6) is 0 Å². The second-order valence-corrected chi connectivity index (χ2v) is 15.7. The molecule has 0 aliphatic heterocycles. The van der Waals surface area contributed by atoms with Gasteiger partial charge < -0.3 is 0 Å². The van der Waals surface area contributed by atoms with Gasteiger partial charge in [0, 0.05) is 11.1 Å². The second-order valence-electron chi connectivity index (χ2n) is 12.7. The highest BCUT2D eigenvalue weighted by Crippen LogP contribution is 2.36. The van der Waals surface area contributed by atoms with Crippen molar-refractivity contribution in [3.8, 4) is 22.9 Å². The molecule has 7 aromatic rings. The first kappa shape index (κ1) is 31.7. The van der Waals surface area contributed by atoms with Gasteiger partial charge in [-0.2, -0.15) is 0 Å². The van der Waals surface area contributed by atoms with Gasteiger partial charge in [0.15, 0.2) is 0 Å². The quantitative estimate of drug-likeness (QED) is 0.0968. The molecular formula is C46H42Si2. The Labute approximate surface area is 290 Å².